The Morgan fingerprint density at radius 3 is 2.76 bits per heavy atom. The Balaban J connectivity index is 2.21. The van der Waals surface area contributed by atoms with E-state index in [9.17, 15) is 10.1 Å². The summed E-state index contributed by atoms with van der Waals surface area (Å²) in [5.74, 6) is 0. The molecule has 1 N–H and O–H groups in total. The smallest absolute Gasteiger partial charge is 0.292 e. The molecule has 1 aromatic carbocycles. The topological polar surface area (TPSA) is 64.4 Å². The van der Waals surface area contributed by atoms with E-state index >= 15 is 0 Å². The molecule has 1 aliphatic rings. The third-order valence-electron chi connectivity index (χ3n) is 3.02. The van der Waals surface area contributed by atoms with Gasteiger partial charge in [0.1, 0.15) is 5.69 Å². The van der Waals surface area contributed by atoms with E-state index in [0.29, 0.717) is 5.69 Å². The van der Waals surface area contributed by atoms with Crippen LogP contribution < -0.4 is 5.32 Å². The maximum absolute atomic E-state index is 11.0. The summed E-state index contributed by atoms with van der Waals surface area (Å²) in [6.45, 7) is 3.32. The first-order valence-electron chi connectivity index (χ1n) is 5.77. The Hall–Kier alpha value is -1.62. The number of anilines is 1. The van der Waals surface area contributed by atoms with Crippen LogP contribution in [-0.4, -0.2) is 24.2 Å². The van der Waals surface area contributed by atoms with E-state index in [4.69, 9.17) is 4.74 Å². The van der Waals surface area contributed by atoms with Crippen molar-refractivity contribution < 1.29 is 9.66 Å². The third kappa shape index (κ3) is 2.74. The predicted molar refractivity (Wildman–Crippen MR) is 65.3 cm³/mol. The Labute approximate surface area is 99.9 Å². The van der Waals surface area contributed by atoms with Crippen molar-refractivity contribution in [2.24, 2.45) is 0 Å². The van der Waals surface area contributed by atoms with Crippen LogP contribution in [0.5, 0.6) is 0 Å². The van der Waals surface area contributed by atoms with E-state index < -0.39 is 0 Å². The van der Waals surface area contributed by atoms with E-state index in [-0.39, 0.29) is 16.7 Å². The first-order valence-corrected chi connectivity index (χ1v) is 5.77. The highest BCUT2D eigenvalue weighted by Crippen LogP contribution is 2.29. The molecule has 0 atom stereocenters. The molecule has 0 aromatic heterocycles. The Bertz CT molecular complexity index is 414. The van der Waals surface area contributed by atoms with Gasteiger partial charge in [-0.15, -0.1) is 0 Å². The molecule has 2 rings (SSSR count). The second kappa shape index (κ2) is 5.14. The summed E-state index contributed by atoms with van der Waals surface area (Å²) in [7, 11) is 0. The quantitative estimate of drug-likeness (QED) is 0.647. The van der Waals surface area contributed by atoms with Gasteiger partial charge in [0, 0.05) is 25.3 Å². The van der Waals surface area contributed by atoms with Crippen molar-refractivity contribution in [2.45, 2.75) is 25.8 Å². The highest BCUT2D eigenvalue weighted by atomic mass is 16.6. The molecule has 1 fully saturated rings. The van der Waals surface area contributed by atoms with Gasteiger partial charge >= 0.3 is 0 Å². The van der Waals surface area contributed by atoms with Crippen LogP contribution in [0.15, 0.2) is 18.2 Å². The van der Waals surface area contributed by atoms with Crippen molar-refractivity contribution in [1.29, 1.82) is 0 Å². The van der Waals surface area contributed by atoms with Crippen LogP contribution in [0.25, 0.3) is 0 Å². The maximum atomic E-state index is 11.0. The third-order valence-corrected chi connectivity index (χ3v) is 3.02. The number of nitro benzene ring substituents is 1. The Morgan fingerprint density at radius 1 is 1.41 bits per heavy atom. The number of nitrogens with zero attached hydrogens (tertiary/aromatic N) is 1. The summed E-state index contributed by atoms with van der Waals surface area (Å²) in [5.41, 5.74) is 1.70. The number of ether oxygens (including phenoxy) is 1. The average molecular weight is 236 g/mol. The molecule has 1 aromatic rings. The SMILES string of the molecule is Cc1cccc([N+](=O)[O-])c1NC1CCOCC1. The maximum Gasteiger partial charge on any atom is 0.292 e. The summed E-state index contributed by atoms with van der Waals surface area (Å²) in [5, 5.41) is 14.2. The second-order valence-electron chi connectivity index (χ2n) is 4.26. The van der Waals surface area contributed by atoms with E-state index in [1.54, 1.807) is 6.07 Å². The highest BCUT2D eigenvalue weighted by Gasteiger charge is 2.20. The van der Waals surface area contributed by atoms with Gasteiger partial charge in [0.15, 0.2) is 0 Å². The zero-order valence-corrected chi connectivity index (χ0v) is 9.81. The molecule has 0 aliphatic carbocycles. The molecule has 1 heterocycles. The predicted octanol–water partition coefficient (Wildman–Crippen LogP) is 2.49. The van der Waals surface area contributed by atoms with Crippen molar-refractivity contribution in [3.8, 4) is 0 Å². The fraction of sp³-hybridized carbons (Fsp3) is 0.500. The van der Waals surface area contributed by atoms with Crippen molar-refractivity contribution in [2.75, 3.05) is 18.5 Å². The van der Waals surface area contributed by atoms with Gasteiger partial charge in [-0.3, -0.25) is 10.1 Å². The number of hydrogen-bond acceptors (Lipinski definition) is 4. The molecule has 0 amide bonds. The first kappa shape index (κ1) is 11.9. The van der Waals surface area contributed by atoms with Gasteiger partial charge < -0.3 is 10.1 Å². The van der Waals surface area contributed by atoms with Crippen LogP contribution in [0.2, 0.25) is 0 Å². The normalized spacial score (nSPS) is 16.8. The number of nitro groups is 1. The van der Waals surface area contributed by atoms with Gasteiger partial charge in [0.05, 0.1) is 4.92 Å². The fourth-order valence-corrected chi connectivity index (χ4v) is 2.04. The summed E-state index contributed by atoms with van der Waals surface area (Å²) in [4.78, 5) is 10.6. The number of para-hydroxylation sites is 1. The van der Waals surface area contributed by atoms with Crippen LogP contribution in [0, 0.1) is 17.0 Å². The molecule has 0 bridgehead atoms. The monoisotopic (exact) mass is 236 g/mol. The lowest BCUT2D eigenvalue weighted by Crippen LogP contribution is -2.28. The molecular formula is C12H16N2O3. The highest BCUT2D eigenvalue weighted by molar-refractivity contribution is 5.66. The zero-order chi connectivity index (χ0) is 12.3. The summed E-state index contributed by atoms with van der Waals surface area (Å²) < 4.78 is 5.27. The van der Waals surface area contributed by atoms with Crippen LogP contribution in [0.1, 0.15) is 18.4 Å². The van der Waals surface area contributed by atoms with Gasteiger partial charge in [-0.2, -0.15) is 0 Å². The average Bonchev–Trinajstić information content (AvgIpc) is 2.33. The molecule has 17 heavy (non-hydrogen) atoms. The number of aryl methyl sites for hydroxylation is 1. The molecular weight excluding hydrogens is 220 g/mol. The van der Waals surface area contributed by atoms with Crippen LogP contribution >= 0.6 is 0 Å². The second-order valence-corrected chi connectivity index (χ2v) is 4.26. The number of hydrogen-bond donors (Lipinski definition) is 1. The van der Waals surface area contributed by atoms with Crippen LogP contribution in [0.4, 0.5) is 11.4 Å². The largest absolute Gasteiger partial charge is 0.381 e. The summed E-state index contributed by atoms with van der Waals surface area (Å²) in [6.07, 6.45) is 1.79. The minimum absolute atomic E-state index is 0.150. The van der Waals surface area contributed by atoms with Gasteiger partial charge in [-0.05, 0) is 25.3 Å². The molecule has 0 spiro atoms. The van der Waals surface area contributed by atoms with Gasteiger partial charge in [-0.25, -0.2) is 0 Å². The molecule has 5 heteroatoms. The van der Waals surface area contributed by atoms with E-state index in [1.165, 1.54) is 6.07 Å². The van der Waals surface area contributed by atoms with Crippen LogP contribution in [-0.2, 0) is 4.74 Å². The molecule has 5 nitrogen and oxygen atoms in total. The molecule has 0 unspecified atom stereocenters. The van der Waals surface area contributed by atoms with Gasteiger partial charge in [-0.1, -0.05) is 12.1 Å². The molecule has 0 saturated carbocycles. The standard InChI is InChI=1S/C12H16N2O3/c1-9-3-2-4-11(14(15)16)12(9)13-10-5-7-17-8-6-10/h2-4,10,13H,5-8H2,1H3. The van der Waals surface area contributed by atoms with E-state index in [0.717, 1.165) is 31.6 Å². The van der Waals surface area contributed by atoms with Gasteiger partial charge in [0.25, 0.3) is 5.69 Å². The van der Waals surface area contributed by atoms with Crippen molar-refractivity contribution in [1.82, 2.24) is 0 Å². The lowest BCUT2D eigenvalue weighted by molar-refractivity contribution is -0.384. The van der Waals surface area contributed by atoms with Crippen molar-refractivity contribution in [3.63, 3.8) is 0 Å². The fourth-order valence-electron chi connectivity index (χ4n) is 2.04. The lowest BCUT2D eigenvalue weighted by atomic mass is 10.1. The van der Waals surface area contributed by atoms with Crippen molar-refractivity contribution in [3.05, 3.63) is 33.9 Å². The molecule has 1 saturated heterocycles. The zero-order valence-electron chi connectivity index (χ0n) is 9.81. The van der Waals surface area contributed by atoms with Crippen LogP contribution in [0.3, 0.4) is 0 Å². The Morgan fingerprint density at radius 2 is 2.12 bits per heavy atom. The first-order chi connectivity index (χ1) is 8.18. The van der Waals surface area contributed by atoms with E-state index in [1.807, 2.05) is 13.0 Å². The minimum atomic E-state index is -0.339. The van der Waals surface area contributed by atoms with Crippen molar-refractivity contribution >= 4 is 11.4 Å². The number of benzene rings is 1. The minimum Gasteiger partial charge on any atom is -0.381 e. The lowest BCUT2D eigenvalue weighted by Gasteiger charge is -2.24. The Kier molecular flexibility index (Phi) is 3.58. The molecule has 92 valence electrons. The summed E-state index contributed by atoms with van der Waals surface area (Å²) >= 11 is 0. The van der Waals surface area contributed by atoms with E-state index in [2.05, 4.69) is 5.32 Å². The molecule has 1 aliphatic heterocycles. The summed E-state index contributed by atoms with van der Waals surface area (Å²) in [6, 6.07) is 5.40. The number of rotatable bonds is 3. The number of nitrogens with one attached hydrogen (secondary N) is 1. The van der Waals surface area contributed by atoms with Gasteiger partial charge in [0.2, 0.25) is 0 Å². The molecule has 0 radical (unpaired) electrons.